The van der Waals surface area contributed by atoms with Crippen LogP contribution in [0.3, 0.4) is 0 Å². The van der Waals surface area contributed by atoms with Gasteiger partial charge in [-0.3, -0.25) is 14.8 Å². The fourth-order valence-corrected chi connectivity index (χ4v) is 4.04. The molecule has 4 aromatic rings. The molecule has 0 aliphatic carbocycles. The second kappa shape index (κ2) is 7.86. The first-order valence-electron chi connectivity index (χ1n) is 10.7. The van der Waals surface area contributed by atoms with Gasteiger partial charge in [0.2, 0.25) is 0 Å². The smallest absolute Gasteiger partial charge is 0.266 e. The molecule has 1 fully saturated rings. The summed E-state index contributed by atoms with van der Waals surface area (Å²) < 4.78 is 7.87. The van der Waals surface area contributed by atoms with E-state index >= 15 is 0 Å². The minimum Gasteiger partial charge on any atom is -0.436 e. The van der Waals surface area contributed by atoms with E-state index in [1.54, 1.807) is 23.3 Å². The zero-order valence-corrected chi connectivity index (χ0v) is 18.5. The van der Waals surface area contributed by atoms with Crippen molar-refractivity contribution in [2.75, 3.05) is 24.5 Å². The maximum Gasteiger partial charge on any atom is 0.266 e. The normalized spacial score (nSPS) is 15.9. The van der Waals surface area contributed by atoms with Crippen LogP contribution in [0.25, 0.3) is 22.4 Å². The number of nitrogens with one attached hydrogen (secondary N) is 1. The van der Waals surface area contributed by atoms with Crippen LogP contribution in [0.5, 0.6) is 11.6 Å². The van der Waals surface area contributed by atoms with Crippen molar-refractivity contribution in [2.24, 2.45) is 18.2 Å². The average molecular weight is 434 g/mol. The van der Waals surface area contributed by atoms with E-state index < -0.39 is 0 Å². The van der Waals surface area contributed by atoms with E-state index in [2.05, 4.69) is 37.1 Å². The lowest BCUT2D eigenvalue weighted by atomic mass is 9.80. The number of anilines is 1. The molecule has 10 heteroatoms. The molecule has 0 amide bonds. The van der Waals surface area contributed by atoms with Gasteiger partial charge < -0.3 is 15.4 Å². The minimum absolute atomic E-state index is 0.208. The Labute approximate surface area is 185 Å². The monoisotopic (exact) mass is 433 g/mol. The highest BCUT2D eigenvalue weighted by molar-refractivity contribution is 5.77. The van der Waals surface area contributed by atoms with Gasteiger partial charge in [0, 0.05) is 43.7 Å². The summed E-state index contributed by atoms with van der Waals surface area (Å²) in [6.45, 7) is 6.76. The molecular formula is C22H27N9O. The Morgan fingerprint density at radius 3 is 2.75 bits per heavy atom. The summed E-state index contributed by atoms with van der Waals surface area (Å²) in [5.74, 6) is 1.89. The Bertz CT molecular complexity index is 1250. The van der Waals surface area contributed by atoms with Gasteiger partial charge in [-0.25, -0.2) is 9.97 Å². The lowest BCUT2D eigenvalue weighted by Crippen LogP contribution is -2.42. The fraction of sp³-hybridized carbons (Fsp3) is 0.409. The van der Waals surface area contributed by atoms with E-state index in [1.807, 2.05) is 26.2 Å². The molecule has 5 heterocycles. The van der Waals surface area contributed by atoms with Crippen molar-refractivity contribution in [2.45, 2.75) is 26.7 Å². The number of hydrogen-bond donors (Lipinski definition) is 2. The predicted molar refractivity (Wildman–Crippen MR) is 122 cm³/mol. The maximum absolute atomic E-state index is 6.12. The number of nitrogens with zero attached hydrogens (tertiary/aromatic N) is 7. The molecule has 0 aromatic carbocycles. The molecule has 166 valence electrons. The number of aromatic nitrogens is 7. The predicted octanol–water partition coefficient (Wildman–Crippen LogP) is 2.81. The van der Waals surface area contributed by atoms with Crippen LogP contribution in [0.15, 0.2) is 30.9 Å². The highest BCUT2D eigenvalue weighted by Gasteiger charge is 2.29. The third-order valence-corrected chi connectivity index (χ3v) is 6.35. The van der Waals surface area contributed by atoms with Crippen LogP contribution in [-0.2, 0) is 7.05 Å². The Morgan fingerprint density at radius 1 is 1.22 bits per heavy atom. The third kappa shape index (κ3) is 3.66. The van der Waals surface area contributed by atoms with Gasteiger partial charge in [-0.15, -0.1) is 5.10 Å². The van der Waals surface area contributed by atoms with Gasteiger partial charge in [-0.2, -0.15) is 5.10 Å². The number of aromatic amines is 1. The number of nitrogens with two attached hydrogens (primary N) is 1. The van der Waals surface area contributed by atoms with Crippen molar-refractivity contribution in [3.05, 3.63) is 36.4 Å². The minimum atomic E-state index is 0.208. The topological polar surface area (TPSA) is 124 Å². The van der Waals surface area contributed by atoms with Crippen LogP contribution < -0.4 is 15.4 Å². The van der Waals surface area contributed by atoms with Gasteiger partial charge in [0.15, 0.2) is 11.2 Å². The zero-order valence-electron chi connectivity index (χ0n) is 18.5. The number of ether oxygens (including phenoxy) is 1. The highest BCUT2D eigenvalue weighted by Crippen LogP contribution is 2.34. The lowest BCUT2D eigenvalue weighted by Gasteiger charge is -2.39. The molecule has 1 saturated heterocycles. The van der Waals surface area contributed by atoms with Gasteiger partial charge in [0.1, 0.15) is 11.6 Å². The van der Waals surface area contributed by atoms with E-state index in [1.165, 1.54) is 0 Å². The Balaban J connectivity index is 1.39. The number of piperidine rings is 1. The van der Waals surface area contributed by atoms with Crippen molar-refractivity contribution in [1.29, 1.82) is 0 Å². The summed E-state index contributed by atoms with van der Waals surface area (Å²) >= 11 is 0. The molecule has 3 N–H and O–H groups in total. The highest BCUT2D eigenvalue weighted by atomic mass is 16.5. The first kappa shape index (κ1) is 20.4. The Hall–Kier alpha value is -3.53. The molecule has 0 radical (unpaired) electrons. The Kier molecular flexibility index (Phi) is 5.01. The maximum atomic E-state index is 6.12. The third-order valence-electron chi connectivity index (χ3n) is 6.35. The Morgan fingerprint density at radius 2 is 2.03 bits per heavy atom. The van der Waals surface area contributed by atoms with Crippen molar-refractivity contribution < 1.29 is 4.74 Å². The lowest BCUT2D eigenvalue weighted by molar-refractivity contribution is 0.258. The van der Waals surface area contributed by atoms with Crippen molar-refractivity contribution in [1.82, 2.24) is 34.9 Å². The molecule has 0 spiro atoms. The van der Waals surface area contributed by atoms with Crippen LogP contribution in [-0.4, -0.2) is 54.6 Å². The van der Waals surface area contributed by atoms with Crippen LogP contribution >= 0.6 is 0 Å². The number of rotatable bonds is 5. The van der Waals surface area contributed by atoms with E-state index in [9.17, 15) is 0 Å². The summed E-state index contributed by atoms with van der Waals surface area (Å²) in [6.07, 6.45) is 9.30. The molecule has 0 atom stereocenters. The quantitative estimate of drug-likeness (QED) is 0.492. The van der Waals surface area contributed by atoms with Crippen molar-refractivity contribution in [3.63, 3.8) is 0 Å². The standard InChI is InChI=1S/C22H27N9O/c1-14-16(4-7-24-18(14)15-10-26-30(3)12-15)32-21-19-20(28-29-21)27-17(11-25-19)31-8-5-22(2,13-23)6-9-31/h4,7,10-12H,5-6,8-9,13,23H2,1-3H3,(H,27,28,29). The fourth-order valence-electron chi connectivity index (χ4n) is 4.04. The molecule has 5 rings (SSSR count). The zero-order chi connectivity index (χ0) is 22.3. The summed E-state index contributed by atoms with van der Waals surface area (Å²) in [6, 6.07) is 1.82. The van der Waals surface area contributed by atoms with Gasteiger partial charge >= 0.3 is 0 Å². The van der Waals surface area contributed by atoms with Crippen molar-refractivity contribution >= 4 is 17.0 Å². The second-order valence-electron chi connectivity index (χ2n) is 8.74. The summed E-state index contributed by atoms with van der Waals surface area (Å²) in [4.78, 5) is 16.1. The largest absolute Gasteiger partial charge is 0.436 e. The SMILES string of the molecule is Cc1c(Oc2n[nH]c3nc(N4CCC(C)(CN)CC4)cnc23)ccnc1-c1cnn(C)c1. The van der Waals surface area contributed by atoms with E-state index in [-0.39, 0.29) is 5.41 Å². The number of aryl methyl sites for hydroxylation is 1. The van der Waals surface area contributed by atoms with Crippen LogP contribution in [0, 0.1) is 12.3 Å². The average Bonchev–Trinajstić information content (AvgIpc) is 3.41. The molecular weight excluding hydrogens is 406 g/mol. The second-order valence-corrected chi connectivity index (χ2v) is 8.74. The molecule has 0 saturated carbocycles. The molecule has 4 aromatic heterocycles. The van der Waals surface area contributed by atoms with Crippen LogP contribution in [0.1, 0.15) is 25.3 Å². The van der Waals surface area contributed by atoms with E-state index in [0.29, 0.717) is 29.3 Å². The van der Waals surface area contributed by atoms with Gasteiger partial charge in [0.25, 0.3) is 5.88 Å². The molecule has 0 unspecified atom stereocenters. The number of pyridine rings is 1. The molecule has 32 heavy (non-hydrogen) atoms. The molecule has 10 nitrogen and oxygen atoms in total. The summed E-state index contributed by atoms with van der Waals surface area (Å²) in [5.41, 5.74) is 9.99. The van der Waals surface area contributed by atoms with Gasteiger partial charge in [-0.05, 0) is 37.8 Å². The number of fused-ring (bicyclic) bond motifs is 1. The van der Waals surface area contributed by atoms with Crippen molar-refractivity contribution in [3.8, 4) is 22.9 Å². The van der Waals surface area contributed by atoms with E-state index in [0.717, 1.165) is 48.6 Å². The molecule has 1 aliphatic heterocycles. The number of H-pyrrole nitrogens is 1. The molecule has 0 bridgehead atoms. The summed E-state index contributed by atoms with van der Waals surface area (Å²) in [7, 11) is 1.88. The van der Waals surface area contributed by atoms with Gasteiger partial charge in [-0.1, -0.05) is 6.92 Å². The molecule has 1 aliphatic rings. The first-order valence-corrected chi connectivity index (χ1v) is 10.7. The summed E-state index contributed by atoms with van der Waals surface area (Å²) in [5, 5.41) is 11.5. The first-order chi connectivity index (χ1) is 15.5. The van der Waals surface area contributed by atoms with E-state index in [4.69, 9.17) is 15.5 Å². The van der Waals surface area contributed by atoms with Crippen LogP contribution in [0.2, 0.25) is 0 Å². The number of hydrogen-bond acceptors (Lipinski definition) is 8. The van der Waals surface area contributed by atoms with Crippen LogP contribution in [0.4, 0.5) is 5.82 Å². The van der Waals surface area contributed by atoms with Gasteiger partial charge in [0.05, 0.1) is 18.1 Å².